The molecule has 0 spiro atoms. The molecule has 3 nitrogen and oxygen atoms in total. The van der Waals surface area contributed by atoms with Gasteiger partial charge >= 0.3 is 0 Å². The third-order valence-electron chi connectivity index (χ3n) is 3.19. The molecule has 0 aliphatic carbocycles. The number of hydrogen-bond acceptors (Lipinski definition) is 2. The van der Waals surface area contributed by atoms with Crippen molar-refractivity contribution >= 4 is 5.91 Å². The Morgan fingerprint density at radius 3 is 1.89 bits per heavy atom. The topological polar surface area (TPSA) is 49.3 Å². The molecule has 18 heavy (non-hydrogen) atoms. The van der Waals surface area contributed by atoms with Crippen LogP contribution in [0.25, 0.3) is 0 Å². The van der Waals surface area contributed by atoms with Crippen molar-refractivity contribution in [3.8, 4) is 0 Å². The lowest BCUT2D eigenvalue weighted by Gasteiger charge is -2.03. The SMILES string of the molecule is CCCCCCCCCCCCC(=O)NCCO. The highest BCUT2D eigenvalue weighted by Crippen LogP contribution is 2.11. The van der Waals surface area contributed by atoms with Gasteiger partial charge in [0.25, 0.3) is 0 Å². The lowest BCUT2D eigenvalue weighted by molar-refractivity contribution is -0.121. The number of hydrogen-bond donors (Lipinski definition) is 2. The molecule has 3 heteroatoms. The Morgan fingerprint density at radius 1 is 0.889 bits per heavy atom. The minimum Gasteiger partial charge on any atom is -0.395 e. The van der Waals surface area contributed by atoms with E-state index in [0.717, 1.165) is 12.8 Å². The van der Waals surface area contributed by atoms with Crippen molar-refractivity contribution in [2.45, 2.75) is 77.6 Å². The highest BCUT2D eigenvalue weighted by atomic mass is 16.3. The second kappa shape index (κ2) is 14.5. The lowest BCUT2D eigenvalue weighted by atomic mass is 10.1. The molecule has 2 N–H and O–H groups in total. The second-order valence-electron chi connectivity index (χ2n) is 5.01. The number of unbranched alkanes of at least 4 members (excludes halogenated alkanes) is 9. The van der Waals surface area contributed by atoms with Crippen LogP contribution in [0.1, 0.15) is 77.6 Å². The molecule has 0 bridgehead atoms. The summed E-state index contributed by atoms with van der Waals surface area (Å²) < 4.78 is 0. The number of aliphatic hydroxyl groups is 1. The quantitative estimate of drug-likeness (QED) is 0.497. The van der Waals surface area contributed by atoms with Crippen LogP contribution in [0.4, 0.5) is 0 Å². The van der Waals surface area contributed by atoms with Crippen LogP contribution >= 0.6 is 0 Å². The zero-order chi connectivity index (χ0) is 13.5. The molecule has 0 unspecified atom stereocenters. The second-order valence-corrected chi connectivity index (χ2v) is 5.01. The molecule has 1 amide bonds. The minimum absolute atomic E-state index is 0.0315. The van der Waals surface area contributed by atoms with Gasteiger partial charge in [0.15, 0.2) is 0 Å². The van der Waals surface area contributed by atoms with Gasteiger partial charge in [0, 0.05) is 13.0 Å². The largest absolute Gasteiger partial charge is 0.395 e. The fraction of sp³-hybridized carbons (Fsp3) is 0.933. The van der Waals surface area contributed by atoms with E-state index in [4.69, 9.17) is 5.11 Å². The Hall–Kier alpha value is -0.570. The Balaban J connectivity index is 3.04. The number of amides is 1. The Morgan fingerprint density at radius 2 is 1.39 bits per heavy atom. The average Bonchev–Trinajstić information content (AvgIpc) is 2.38. The van der Waals surface area contributed by atoms with Crippen molar-refractivity contribution < 1.29 is 9.90 Å². The smallest absolute Gasteiger partial charge is 0.220 e. The summed E-state index contributed by atoms with van der Waals surface area (Å²) in [6, 6.07) is 0. The number of carbonyl (C=O) groups excluding carboxylic acids is 1. The van der Waals surface area contributed by atoms with Crippen LogP contribution in [0.5, 0.6) is 0 Å². The Labute approximate surface area is 112 Å². The fourth-order valence-corrected chi connectivity index (χ4v) is 2.06. The van der Waals surface area contributed by atoms with Crippen LogP contribution in [-0.2, 0) is 4.79 Å². The summed E-state index contributed by atoms with van der Waals surface area (Å²) in [6.07, 6.45) is 13.5. The van der Waals surface area contributed by atoms with Gasteiger partial charge in [0.05, 0.1) is 6.61 Å². The molecule has 0 saturated heterocycles. The summed E-state index contributed by atoms with van der Waals surface area (Å²) in [5, 5.41) is 11.2. The molecule has 0 aromatic rings. The maximum absolute atomic E-state index is 11.2. The molecular formula is C15H31NO2. The molecule has 108 valence electrons. The van der Waals surface area contributed by atoms with E-state index in [1.165, 1.54) is 51.4 Å². The molecule has 0 aliphatic rings. The van der Waals surface area contributed by atoms with Crippen molar-refractivity contribution in [1.82, 2.24) is 5.32 Å². The highest BCUT2D eigenvalue weighted by Gasteiger charge is 1.99. The Kier molecular flexibility index (Phi) is 14.0. The van der Waals surface area contributed by atoms with E-state index in [2.05, 4.69) is 12.2 Å². The lowest BCUT2D eigenvalue weighted by Crippen LogP contribution is -2.25. The highest BCUT2D eigenvalue weighted by molar-refractivity contribution is 5.75. The summed E-state index contributed by atoms with van der Waals surface area (Å²) >= 11 is 0. The van der Waals surface area contributed by atoms with Gasteiger partial charge in [0.1, 0.15) is 0 Å². The minimum atomic E-state index is 0.0315. The van der Waals surface area contributed by atoms with E-state index in [1.807, 2.05) is 0 Å². The molecule has 0 radical (unpaired) electrons. The maximum atomic E-state index is 11.2. The fourth-order valence-electron chi connectivity index (χ4n) is 2.06. The predicted octanol–water partition coefficient (Wildman–Crippen LogP) is 3.41. The standard InChI is InChI=1S/C15H31NO2/c1-2-3-4-5-6-7-8-9-10-11-12-15(18)16-13-14-17/h17H,2-14H2,1H3,(H,16,18). The van der Waals surface area contributed by atoms with Gasteiger partial charge in [-0.3, -0.25) is 4.79 Å². The van der Waals surface area contributed by atoms with E-state index in [9.17, 15) is 4.79 Å². The number of nitrogens with one attached hydrogen (secondary N) is 1. The van der Waals surface area contributed by atoms with Crippen LogP contribution < -0.4 is 5.32 Å². The van der Waals surface area contributed by atoms with Gasteiger partial charge < -0.3 is 10.4 Å². The first kappa shape index (κ1) is 17.4. The molecule has 0 fully saturated rings. The summed E-state index contributed by atoms with van der Waals surface area (Å²) in [4.78, 5) is 11.2. The van der Waals surface area contributed by atoms with Gasteiger partial charge in [-0.05, 0) is 6.42 Å². The van der Waals surface area contributed by atoms with Gasteiger partial charge in [-0.15, -0.1) is 0 Å². The molecule has 0 aliphatic heterocycles. The summed E-state index contributed by atoms with van der Waals surface area (Å²) in [7, 11) is 0. The van der Waals surface area contributed by atoms with E-state index in [-0.39, 0.29) is 12.5 Å². The molecule has 0 atom stereocenters. The van der Waals surface area contributed by atoms with Crippen molar-refractivity contribution in [3.63, 3.8) is 0 Å². The number of aliphatic hydroxyl groups excluding tert-OH is 1. The average molecular weight is 257 g/mol. The van der Waals surface area contributed by atoms with Crippen LogP contribution in [0.2, 0.25) is 0 Å². The normalized spacial score (nSPS) is 10.6. The van der Waals surface area contributed by atoms with Crippen molar-refractivity contribution in [2.75, 3.05) is 13.2 Å². The van der Waals surface area contributed by atoms with Gasteiger partial charge in [-0.2, -0.15) is 0 Å². The van der Waals surface area contributed by atoms with Crippen LogP contribution in [-0.4, -0.2) is 24.2 Å². The number of rotatable bonds is 13. The van der Waals surface area contributed by atoms with Crippen LogP contribution in [0.3, 0.4) is 0 Å². The van der Waals surface area contributed by atoms with Gasteiger partial charge in [0.2, 0.25) is 5.91 Å². The van der Waals surface area contributed by atoms with Crippen LogP contribution in [0, 0.1) is 0 Å². The first-order valence-corrected chi connectivity index (χ1v) is 7.68. The van der Waals surface area contributed by atoms with Crippen molar-refractivity contribution in [3.05, 3.63) is 0 Å². The third kappa shape index (κ3) is 13.5. The monoisotopic (exact) mass is 257 g/mol. The molecule has 0 aromatic carbocycles. The first-order chi connectivity index (χ1) is 8.81. The van der Waals surface area contributed by atoms with E-state index in [1.54, 1.807) is 0 Å². The zero-order valence-corrected chi connectivity index (χ0v) is 12.0. The molecule has 0 saturated carbocycles. The van der Waals surface area contributed by atoms with E-state index >= 15 is 0 Å². The Bertz CT molecular complexity index is 183. The molecule has 0 heterocycles. The zero-order valence-electron chi connectivity index (χ0n) is 12.0. The molecular weight excluding hydrogens is 226 g/mol. The van der Waals surface area contributed by atoms with E-state index in [0.29, 0.717) is 13.0 Å². The van der Waals surface area contributed by atoms with Crippen molar-refractivity contribution in [1.29, 1.82) is 0 Å². The first-order valence-electron chi connectivity index (χ1n) is 7.68. The molecule has 0 aromatic heterocycles. The van der Waals surface area contributed by atoms with Gasteiger partial charge in [-0.1, -0.05) is 64.7 Å². The maximum Gasteiger partial charge on any atom is 0.220 e. The van der Waals surface area contributed by atoms with Crippen molar-refractivity contribution in [2.24, 2.45) is 0 Å². The summed E-state index contributed by atoms with van der Waals surface area (Å²) in [6.45, 7) is 2.66. The number of carbonyl (C=O) groups is 1. The third-order valence-corrected chi connectivity index (χ3v) is 3.19. The van der Waals surface area contributed by atoms with Crippen LogP contribution in [0.15, 0.2) is 0 Å². The predicted molar refractivity (Wildman–Crippen MR) is 76.6 cm³/mol. The van der Waals surface area contributed by atoms with Gasteiger partial charge in [-0.25, -0.2) is 0 Å². The summed E-state index contributed by atoms with van der Waals surface area (Å²) in [5.41, 5.74) is 0. The molecule has 0 rings (SSSR count). The van der Waals surface area contributed by atoms with E-state index < -0.39 is 0 Å². The summed E-state index contributed by atoms with van der Waals surface area (Å²) in [5.74, 6) is 0.0728.